The first-order valence-electron chi connectivity index (χ1n) is 8.46. The molecule has 0 saturated carbocycles. The number of nitrogens with zero attached hydrogens (tertiary/aromatic N) is 1. The normalized spacial score (nSPS) is 15.4. The van der Waals surface area contributed by atoms with Crippen LogP contribution in [0.15, 0.2) is 48.5 Å². The van der Waals surface area contributed by atoms with Gasteiger partial charge in [-0.1, -0.05) is 18.2 Å². The van der Waals surface area contributed by atoms with Crippen molar-refractivity contribution < 1.29 is 22.7 Å². The average Bonchev–Trinajstić information content (AvgIpc) is 3.05. The lowest BCUT2D eigenvalue weighted by Gasteiger charge is -2.17. The lowest BCUT2D eigenvalue weighted by atomic mass is 10.1. The predicted octanol–water partition coefficient (Wildman–Crippen LogP) is 1.94. The number of carbonyl (C=O) groups excluding carboxylic acids is 2. The van der Waals surface area contributed by atoms with Gasteiger partial charge in [0, 0.05) is 18.7 Å². The number of rotatable bonds is 5. The van der Waals surface area contributed by atoms with Crippen LogP contribution in [0.1, 0.15) is 32.7 Å². The van der Waals surface area contributed by atoms with E-state index in [1.54, 1.807) is 48.5 Å². The van der Waals surface area contributed by atoms with Gasteiger partial charge in [0.05, 0.1) is 24.1 Å². The maximum absolute atomic E-state index is 12.4. The summed E-state index contributed by atoms with van der Waals surface area (Å²) < 4.78 is 30.1. The SMILES string of the molecule is COC(=O)c1ccc(CNC(=O)c2cccc(N3CCCS3(=O)=O)c2)cc1. The molecule has 2 aromatic rings. The molecule has 1 aliphatic rings. The molecule has 1 aliphatic heterocycles. The van der Waals surface area contributed by atoms with Crippen molar-refractivity contribution in [2.45, 2.75) is 13.0 Å². The number of hydrogen-bond acceptors (Lipinski definition) is 5. The minimum absolute atomic E-state index is 0.130. The van der Waals surface area contributed by atoms with Crippen molar-refractivity contribution in [3.8, 4) is 0 Å². The molecule has 1 heterocycles. The van der Waals surface area contributed by atoms with Crippen molar-refractivity contribution in [1.29, 1.82) is 0 Å². The van der Waals surface area contributed by atoms with E-state index in [4.69, 9.17) is 0 Å². The summed E-state index contributed by atoms with van der Waals surface area (Å²) in [5.41, 5.74) is 2.16. The van der Waals surface area contributed by atoms with Crippen molar-refractivity contribution in [2.24, 2.45) is 0 Å². The third-order valence-electron chi connectivity index (χ3n) is 4.32. The summed E-state index contributed by atoms with van der Waals surface area (Å²) in [6.07, 6.45) is 0.584. The van der Waals surface area contributed by atoms with E-state index in [2.05, 4.69) is 10.1 Å². The molecule has 7 nitrogen and oxygen atoms in total. The van der Waals surface area contributed by atoms with Gasteiger partial charge in [-0.05, 0) is 42.3 Å². The standard InChI is InChI=1S/C19H20N2O5S/c1-26-19(23)15-8-6-14(7-9-15)13-20-18(22)16-4-2-5-17(12-16)21-10-3-11-27(21,24)25/h2,4-9,12H,3,10-11,13H2,1H3,(H,20,22). The Morgan fingerprint density at radius 2 is 1.85 bits per heavy atom. The average molecular weight is 388 g/mol. The summed E-state index contributed by atoms with van der Waals surface area (Å²) in [7, 11) is -1.97. The van der Waals surface area contributed by atoms with Crippen LogP contribution < -0.4 is 9.62 Å². The summed E-state index contributed by atoms with van der Waals surface area (Å²) in [4.78, 5) is 23.8. The first kappa shape index (κ1) is 18.9. The number of nitrogens with one attached hydrogen (secondary N) is 1. The highest BCUT2D eigenvalue weighted by atomic mass is 32.2. The van der Waals surface area contributed by atoms with Gasteiger partial charge < -0.3 is 10.1 Å². The van der Waals surface area contributed by atoms with E-state index in [-0.39, 0.29) is 18.2 Å². The second kappa shape index (κ2) is 7.79. The lowest BCUT2D eigenvalue weighted by Crippen LogP contribution is -2.26. The largest absolute Gasteiger partial charge is 0.465 e. The predicted molar refractivity (Wildman–Crippen MR) is 101 cm³/mol. The van der Waals surface area contributed by atoms with Gasteiger partial charge in [-0.2, -0.15) is 0 Å². The summed E-state index contributed by atoms with van der Waals surface area (Å²) in [5.74, 6) is -0.588. The second-order valence-electron chi connectivity index (χ2n) is 6.16. The van der Waals surface area contributed by atoms with E-state index < -0.39 is 16.0 Å². The fourth-order valence-electron chi connectivity index (χ4n) is 2.89. The molecule has 0 atom stereocenters. The van der Waals surface area contributed by atoms with Gasteiger partial charge in [0.15, 0.2) is 0 Å². The molecule has 0 spiro atoms. The summed E-state index contributed by atoms with van der Waals surface area (Å²) in [6.45, 7) is 0.715. The molecule has 1 saturated heterocycles. The first-order valence-corrected chi connectivity index (χ1v) is 10.1. The smallest absolute Gasteiger partial charge is 0.337 e. The molecule has 142 valence electrons. The third kappa shape index (κ3) is 4.28. The zero-order valence-electron chi connectivity index (χ0n) is 14.8. The minimum Gasteiger partial charge on any atom is -0.465 e. The van der Waals surface area contributed by atoms with Crippen LogP contribution in [-0.2, 0) is 21.3 Å². The number of benzene rings is 2. The molecule has 1 N–H and O–H groups in total. The van der Waals surface area contributed by atoms with Crippen molar-refractivity contribution in [3.05, 3.63) is 65.2 Å². The van der Waals surface area contributed by atoms with E-state index in [1.807, 2.05) is 0 Å². The maximum Gasteiger partial charge on any atom is 0.337 e. The van der Waals surface area contributed by atoms with Crippen LogP contribution in [0.2, 0.25) is 0 Å². The van der Waals surface area contributed by atoms with Crippen LogP contribution in [0.25, 0.3) is 0 Å². The highest BCUT2D eigenvalue weighted by Crippen LogP contribution is 2.24. The molecule has 0 bridgehead atoms. The highest BCUT2D eigenvalue weighted by Gasteiger charge is 2.28. The Morgan fingerprint density at radius 1 is 1.11 bits per heavy atom. The molecule has 0 unspecified atom stereocenters. The molecular weight excluding hydrogens is 368 g/mol. The van der Waals surface area contributed by atoms with Crippen LogP contribution in [0, 0.1) is 0 Å². The topological polar surface area (TPSA) is 92.8 Å². The van der Waals surface area contributed by atoms with Crippen molar-refractivity contribution in [2.75, 3.05) is 23.7 Å². The van der Waals surface area contributed by atoms with E-state index >= 15 is 0 Å². The Balaban J connectivity index is 1.66. The fourth-order valence-corrected chi connectivity index (χ4v) is 4.45. The molecule has 1 amide bonds. The van der Waals surface area contributed by atoms with E-state index in [1.165, 1.54) is 11.4 Å². The molecule has 3 rings (SSSR count). The van der Waals surface area contributed by atoms with E-state index in [9.17, 15) is 18.0 Å². The highest BCUT2D eigenvalue weighted by molar-refractivity contribution is 7.93. The van der Waals surface area contributed by atoms with Gasteiger partial charge in [-0.15, -0.1) is 0 Å². The summed E-state index contributed by atoms with van der Waals surface area (Å²) in [5, 5.41) is 2.79. The fraction of sp³-hybridized carbons (Fsp3) is 0.263. The molecule has 27 heavy (non-hydrogen) atoms. The molecular formula is C19H20N2O5S. The van der Waals surface area contributed by atoms with Gasteiger partial charge in [0.25, 0.3) is 5.91 Å². The molecule has 2 aromatic carbocycles. The van der Waals surface area contributed by atoms with Crippen molar-refractivity contribution in [1.82, 2.24) is 5.32 Å². The van der Waals surface area contributed by atoms with Crippen LogP contribution in [-0.4, -0.2) is 39.7 Å². The van der Waals surface area contributed by atoms with Crippen LogP contribution >= 0.6 is 0 Å². The van der Waals surface area contributed by atoms with E-state index in [0.29, 0.717) is 29.8 Å². The minimum atomic E-state index is -3.29. The number of sulfonamides is 1. The summed E-state index contributed by atoms with van der Waals surface area (Å²) in [6, 6.07) is 13.3. The Bertz CT molecular complexity index is 954. The monoisotopic (exact) mass is 388 g/mol. The molecule has 0 radical (unpaired) electrons. The summed E-state index contributed by atoms with van der Waals surface area (Å²) >= 11 is 0. The van der Waals surface area contributed by atoms with Gasteiger partial charge in [0.2, 0.25) is 10.0 Å². The third-order valence-corrected chi connectivity index (χ3v) is 6.19. The number of hydrogen-bond donors (Lipinski definition) is 1. The van der Waals surface area contributed by atoms with Gasteiger partial charge >= 0.3 is 5.97 Å². The zero-order chi connectivity index (χ0) is 19.4. The van der Waals surface area contributed by atoms with Crippen molar-refractivity contribution >= 4 is 27.6 Å². The van der Waals surface area contributed by atoms with Gasteiger partial charge in [-0.3, -0.25) is 9.10 Å². The molecule has 8 heteroatoms. The number of amides is 1. The lowest BCUT2D eigenvalue weighted by molar-refractivity contribution is 0.0600. The number of ether oxygens (including phenoxy) is 1. The molecule has 0 aliphatic carbocycles. The number of esters is 1. The Kier molecular flexibility index (Phi) is 5.46. The Hall–Kier alpha value is -2.87. The van der Waals surface area contributed by atoms with Gasteiger partial charge in [0.1, 0.15) is 0 Å². The van der Waals surface area contributed by atoms with Crippen LogP contribution in [0.3, 0.4) is 0 Å². The van der Waals surface area contributed by atoms with E-state index in [0.717, 1.165) is 5.56 Å². The van der Waals surface area contributed by atoms with Crippen LogP contribution in [0.4, 0.5) is 5.69 Å². The Labute approximate surface area is 158 Å². The first-order chi connectivity index (χ1) is 12.9. The quantitative estimate of drug-likeness (QED) is 0.791. The molecule has 0 aromatic heterocycles. The number of carbonyl (C=O) groups is 2. The molecule has 1 fully saturated rings. The van der Waals surface area contributed by atoms with Crippen molar-refractivity contribution in [3.63, 3.8) is 0 Å². The zero-order valence-corrected chi connectivity index (χ0v) is 15.7. The Morgan fingerprint density at radius 3 is 2.48 bits per heavy atom. The second-order valence-corrected chi connectivity index (χ2v) is 8.18. The van der Waals surface area contributed by atoms with Gasteiger partial charge in [-0.25, -0.2) is 13.2 Å². The number of anilines is 1. The number of methoxy groups -OCH3 is 1. The maximum atomic E-state index is 12.4. The van der Waals surface area contributed by atoms with Crippen LogP contribution in [0.5, 0.6) is 0 Å².